The zero-order valence-electron chi connectivity index (χ0n) is 18.1. The Bertz CT molecular complexity index is 1260. The average molecular weight is 433 g/mol. The van der Waals surface area contributed by atoms with Crippen molar-refractivity contribution in [3.8, 4) is 11.3 Å². The molecular weight excluding hydrogens is 407 g/mol. The normalized spacial score (nSPS) is 18.7. The monoisotopic (exact) mass is 432 g/mol. The van der Waals surface area contributed by atoms with Gasteiger partial charge in [-0.15, -0.1) is 0 Å². The minimum absolute atomic E-state index is 0.175. The van der Waals surface area contributed by atoms with Crippen molar-refractivity contribution in [3.05, 3.63) is 53.1 Å². The summed E-state index contributed by atoms with van der Waals surface area (Å²) in [5.74, 6) is 1.77. The summed E-state index contributed by atoms with van der Waals surface area (Å²) in [6.07, 6.45) is 6.30. The predicted octanol–water partition coefficient (Wildman–Crippen LogP) is 4.01. The van der Waals surface area contributed by atoms with Gasteiger partial charge in [-0.25, -0.2) is 18.7 Å². The molecule has 0 spiro atoms. The highest BCUT2D eigenvalue weighted by atomic mass is 19.1. The van der Waals surface area contributed by atoms with Gasteiger partial charge in [0.15, 0.2) is 5.82 Å². The molecule has 0 amide bonds. The first kappa shape index (κ1) is 20.2. The first-order valence-corrected chi connectivity index (χ1v) is 10.7. The zero-order valence-corrected chi connectivity index (χ0v) is 18.1. The SMILES string of the molecule is Cc1nn(C2=C/C(=N)Nc3c(c(-c4ccc(F)cc4)nn3CC3CC3)C/C=N\2)c(C)c1N. The second-order valence-electron chi connectivity index (χ2n) is 8.36. The van der Waals surface area contributed by atoms with Gasteiger partial charge in [-0.2, -0.15) is 10.2 Å². The van der Waals surface area contributed by atoms with Crippen LogP contribution in [0.1, 0.15) is 29.8 Å². The first-order chi connectivity index (χ1) is 15.4. The molecule has 4 N–H and O–H groups in total. The van der Waals surface area contributed by atoms with Gasteiger partial charge in [0.05, 0.1) is 22.8 Å². The van der Waals surface area contributed by atoms with E-state index in [0.717, 1.165) is 40.6 Å². The van der Waals surface area contributed by atoms with Crippen LogP contribution in [0.5, 0.6) is 0 Å². The fourth-order valence-corrected chi connectivity index (χ4v) is 3.90. The molecule has 8 nitrogen and oxygen atoms in total. The van der Waals surface area contributed by atoms with Crippen molar-refractivity contribution in [2.24, 2.45) is 10.9 Å². The Labute approximate surface area is 185 Å². The standard InChI is InChI=1S/C23H25FN8/c1-13-21(26)14(2)32(29-13)20-11-19(25)28-23-18(9-10-27-20)22(16-5-7-17(24)8-6-16)30-31(23)12-15-3-4-15/h5-8,10-11,15H,3-4,9,12,26H2,1-2H3,(H2,25,28)/b20-11+,27-10-. The lowest BCUT2D eigenvalue weighted by Crippen LogP contribution is -2.15. The summed E-state index contributed by atoms with van der Waals surface area (Å²) < 4.78 is 17.1. The molecule has 0 radical (unpaired) electrons. The van der Waals surface area contributed by atoms with E-state index in [4.69, 9.17) is 16.2 Å². The molecule has 1 aliphatic heterocycles. The Morgan fingerprint density at radius 2 is 1.94 bits per heavy atom. The van der Waals surface area contributed by atoms with E-state index in [1.165, 1.54) is 25.0 Å². The molecular formula is C23H25FN8. The number of nitrogen functional groups attached to an aromatic ring is 1. The number of halogens is 1. The van der Waals surface area contributed by atoms with Crippen molar-refractivity contribution < 1.29 is 4.39 Å². The Morgan fingerprint density at radius 3 is 2.59 bits per heavy atom. The second kappa shape index (κ2) is 7.74. The number of rotatable bonds is 4. The Hall–Kier alpha value is -3.75. The van der Waals surface area contributed by atoms with Gasteiger partial charge >= 0.3 is 0 Å². The van der Waals surface area contributed by atoms with E-state index >= 15 is 0 Å². The molecule has 0 saturated heterocycles. The molecule has 0 bridgehead atoms. The van der Waals surface area contributed by atoms with E-state index in [1.807, 2.05) is 18.5 Å². The molecule has 9 heteroatoms. The van der Waals surface area contributed by atoms with Crippen LogP contribution in [0, 0.1) is 31.0 Å². The third-order valence-corrected chi connectivity index (χ3v) is 5.91. The number of fused-ring (bicyclic) bond motifs is 1. The number of aliphatic imine (C=N–C) groups is 1. The zero-order chi connectivity index (χ0) is 22.4. The van der Waals surface area contributed by atoms with Crippen molar-refractivity contribution >= 4 is 29.4 Å². The summed E-state index contributed by atoms with van der Waals surface area (Å²) in [6, 6.07) is 6.34. The molecule has 164 valence electrons. The van der Waals surface area contributed by atoms with Gasteiger partial charge < -0.3 is 11.1 Å². The Kier molecular flexibility index (Phi) is 4.88. The smallest absolute Gasteiger partial charge is 0.157 e. The maximum Gasteiger partial charge on any atom is 0.157 e. The summed E-state index contributed by atoms with van der Waals surface area (Å²) in [5, 5.41) is 21.1. The van der Waals surface area contributed by atoms with Crippen LogP contribution < -0.4 is 11.1 Å². The fraction of sp³-hybridized carbons (Fsp3) is 0.304. The lowest BCUT2D eigenvalue weighted by Gasteiger charge is -2.10. The highest BCUT2D eigenvalue weighted by Gasteiger charge is 2.27. The van der Waals surface area contributed by atoms with Crippen molar-refractivity contribution in [2.45, 2.75) is 39.7 Å². The number of amidine groups is 1. The summed E-state index contributed by atoms with van der Waals surface area (Å²) in [5.41, 5.74) is 10.7. The first-order valence-electron chi connectivity index (χ1n) is 10.7. The molecule has 0 unspecified atom stereocenters. The number of benzene rings is 1. The highest BCUT2D eigenvalue weighted by molar-refractivity contribution is 6.05. The molecule has 3 aromatic rings. The van der Waals surface area contributed by atoms with Crippen LogP contribution in [0.2, 0.25) is 0 Å². The summed E-state index contributed by atoms with van der Waals surface area (Å²) in [6.45, 7) is 4.51. The number of aromatic nitrogens is 4. The molecule has 0 atom stereocenters. The molecule has 1 aliphatic carbocycles. The molecule has 2 aromatic heterocycles. The Morgan fingerprint density at radius 1 is 1.19 bits per heavy atom. The highest BCUT2D eigenvalue weighted by Crippen LogP contribution is 2.35. The van der Waals surface area contributed by atoms with Crippen LogP contribution >= 0.6 is 0 Å². The second-order valence-corrected chi connectivity index (χ2v) is 8.36. The topological polar surface area (TPSA) is 110 Å². The van der Waals surface area contributed by atoms with Gasteiger partial charge in [-0.05, 0) is 56.9 Å². The fourth-order valence-electron chi connectivity index (χ4n) is 3.90. The van der Waals surface area contributed by atoms with Crippen LogP contribution in [0.3, 0.4) is 0 Å². The van der Waals surface area contributed by atoms with Crippen molar-refractivity contribution in [2.75, 3.05) is 11.1 Å². The average Bonchev–Trinajstić information content (AvgIpc) is 3.46. The number of hydrogen-bond donors (Lipinski definition) is 3. The molecule has 2 aliphatic rings. The maximum absolute atomic E-state index is 13.5. The summed E-state index contributed by atoms with van der Waals surface area (Å²) in [7, 11) is 0. The third kappa shape index (κ3) is 3.70. The number of nitrogens with one attached hydrogen (secondary N) is 2. The number of anilines is 2. The van der Waals surface area contributed by atoms with Crippen molar-refractivity contribution in [3.63, 3.8) is 0 Å². The van der Waals surface area contributed by atoms with Crippen molar-refractivity contribution in [1.82, 2.24) is 19.6 Å². The van der Waals surface area contributed by atoms with Gasteiger partial charge in [0.2, 0.25) is 0 Å². The summed E-state index contributed by atoms with van der Waals surface area (Å²) >= 11 is 0. The minimum atomic E-state index is -0.287. The number of nitrogens with zero attached hydrogens (tertiary/aromatic N) is 5. The minimum Gasteiger partial charge on any atom is -0.396 e. The molecule has 1 fully saturated rings. The van der Waals surface area contributed by atoms with Crippen LogP contribution in [-0.4, -0.2) is 31.6 Å². The number of aryl methyl sites for hydroxylation is 1. The molecule has 3 heterocycles. The molecule has 32 heavy (non-hydrogen) atoms. The molecule has 5 rings (SSSR count). The molecule has 1 saturated carbocycles. The van der Waals surface area contributed by atoms with Gasteiger partial charge in [-0.1, -0.05) is 0 Å². The van der Waals surface area contributed by atoms with Gasteiger partial charge in [0.1, 0.15) is 17.5 Å². The van der Waals surface area contributed by atoms with E-state index in [0.29, 0.717) is 23.8 Å². The Balaban J connectivity index is 1.58. The predicted molar refractivity (Wildman–Crippen MR) is 124 cm³/mol. The van der Waals surface area contributed by atoms with Gasteiger partial charge in [-0.3, -0.25) is 5.41 Å². The number of hydrogen-bond acceptors (Lipinski definition) is 5. The van der Waals surface area contributed by atoms with E-state index in [2.05, 4.69) is 15.4 Å². The van der Waals surface area contributed by atoms with Gasteiger partial charge in [0.25, 0.3) is 0 Å². The van der Waals surface area contributed by atoms with E-state index in [-0.39, 0.29) is 11.7 Å². The summed E-state index contributed by atoms with van der Waals surface area (Å²) in [4.78, 5) is 4.61. The molecule has 1 aromatic carbocycles. The van der Waals surface area contributed by atoms with E-state index in [9.17, 15) is 4.39 Å². The lowest BCUT2D eigenvalue weighted by atomic mass is 10.1. The van der Waals surface area contributed by atoms with Gasteiger partial charge in [0, 0.05) is 36.4 Å². The van der Waals surface area contributed by atoms with Crippen molar-refractivity contribution in [1.29, 1.82) is 5.41 Å². The van der Waals surface area contributed by atoms with E-state index < -0.39 is 0 Å². The van der Waals surface area contributed by atoms with E-state index in [1.54, 1.807) is 29.1 Å². The maximum atomic E-state index is 13.5. The van der Waals surface area contributed by atoms with Crippen LogP contribution in [-0.2, 0) is 13.0 Å². The largest absolute Gasteiger partial charge is 0.396 e. The van der Waals surface area contributed by atoms with Crippen LogP contribution in [0.4, 0.5) is 15.9 Å². The lowest BCUT2D eigenvalue weighted by molar-refractivity contribution is 0.571. The quantitative estimate of drug-likeness (QED) is 0.578. The van der Waals surface area contributed by atoms with Crippen LogP contribution in [0.25, 0.3) is 17.1 Å². The van der Waals surface area contributed by atoms with Crippen LogP contribution in [0.15, 0.2) is 35.3 Å². The third-order valence-electron chi connectivity index (χ3n) is 5.91. The number of nitrogens with two attached hydrogens (primary N) is 1.